The van der Waals surface area contributed by atoms with E-state index in [9.17, 15) is 0 Å². The Morgan fingerprint density at radius 2 is 2.16 bits per heavy atom. The fourth-order valence-corrected chi connectivity index (χ4v) is 2.83. The van der Waals surface area contributed by atoms with Crippen molar-refractivity contribution >= 4 is 0 Å². The zero-order valence-electron chi connectivity index (χ0n) is 12.8. The summed E-state index contributed by atoms with van der Waals surface area (Å²) in [6, 6.07) is 0.903. The minimum atomic E-state index is 0.351. The van der Waals surface area contributed by atoms with E-state index in [0.717, 1.165) is 19.4 Å². The van der Waals surface area contributed by atoms with E-state index in [1.54, 1.807) is 0 Å². The number of ether oxygens (including phenoxy) is 1. The highest BCUT2D eigenvalue weighted by Gasteiger charge is 2.26. The number of aromatic nitrogens is 2. The van der Waals surface area contributed by atoms with E-state index in [2.05, 4.69) is 38.1 Å². The van der Waals surface area contributed by atoms with Crippen molar-refractivity contribution in [2.24, 2.45) is 13.0 Å². The molecule has 0 saturated carbocycles. The average Bonchev–Trinajstić information content (AvgIpc) is 2.70. The van der Waals surface area contributed by atoms with Gasteiger partial charge in [-0.25, -0.2) is 0 Å². The molecule has 3 unspecified atom stereocenters. The summed E-state index contributed by atoms with van der Waals surface area (Å²) in [6.45, 7) is 9.70. The van der Waals surface area contributed by atoms with Gasteiger partial charge >= 0.3 is 0 Å². The van der Waals surface area contributed by atoms with Crippen LogP contribution in [0, 0.1) is 12.8 Å². The number of rotatable bonds is 4. The third kappa shape index (κ3) is 3.37. The van der Waals surface area contributed by atoms with Gasteiger partial charge in [0.1, 0.15) is 0 Å². The molecule has 19 heavy (non-hydrogen) atoms. The Balaban J connectivity index is 1.95. The van der Waals surface area contributed by atoms with Crippen LogP contribution < -0.4 is 5.32 Å². The van der Waals surface area contributed by atoms with Gasteiger partial charge in [-0.2, -0.15) is 5.10 Å². The fraction of sp³-hybridized carbons (Fsp3) is 0.800. The van der Waals surface area contributed by atoms with Crippen molar-refractivity contribution in [1.29, 1.82) is 0 Å². The Labute approximate surface area is 116 Å². The third-order valence-electron chi connectivity index (χ3n) is 4.28. The average molecular weight is 265 g/mol. The molecule has 0 aromatic carbocycles. The van der Waals surface area contributed by atoms with Gasteiger partial charge in [0.15, 0.2) is 0 Å². The van der Waals surface area contributed by atoms with Gasteiger partial charge in [-0.3, -0.25) is 4.68 Å². The number of nitrogens with one attached hydrogen (secondary N) is 1. The van der Waals surface area contributed by atoms with Crippen LogP contribution in [-0.4, -0.2) is 28.5 Å². The van der Waals surface area contributed by atoms with Gasteiger partial charge in [-0.05, 0) is 32.6 Å². The Bertz CT molecular complexity index is 414. The van der Waals surface area contributed by atoms with Crippen molar-refractivity contribution in [3.05, 3.63) is 17.5 Å². The molecule has 2 heterocycles. The lowest BCUT2D eigenvalue weighted by molar-refractivity contribution is -0.0257. The van der Waals surface area contributed by atoms with Gasteiger partial charge in [0.25, 0.3) is 0 Å². The molecule has 0 radical (unpaired) electrons. The molecule has 4 nitrogen and oxygen atoms in total. The highest BCUT2D eigenvalue weighted by atomic mass is 16.5. The summed E-state index contributed by atoms with van der Waals surface area (Å²) in [6.07, 6.45) is 4.59. The number of hydrogen-bond donors (Lipinski definition) is 1. The van der Waals surface area contributed by atoms with Crippen molar-refractivity contribution < 1.29 is 4.74 Å². The monoisotopic (exact) mass is 265 g/mol. The Morgan fingerprint density at radius 3 is 2.74 bits per heavy atom. The lowest BCUT2D eigenvalue weighted by Gasteiger charge is -2.34. The quantitative estimate of drug-likeness (QED) is 0.909. The van der Waals surface area contributed by atoms with E-state index in [4.69, 9.17) is 4.74 Å². The van der Waals surface area contributed by atoms with Crippen LogP contribution in [0.15, 0.2) is 6.20 Å². The molecule has 4 heteroatoms. The zero-order valence-corrected chi connectivity index (χ0v) is 12.8. The maximum Gasteiger partial charge on any atom is 0.0612 e. The molecule has 1 fully saturated rings. The second-order valence-corrected chi connectivity index (χ2v) is 6.07. The van der Waals surface area contributed by atoms with Crippen LogP contribution in [0.4, 0.5) is 0 Å². The lowest BCUT2D eigenvalue weighted by Crippen LogP contribution is -2.41. The Kier molecular flexibility index (Phi) is 4.63. The molecule has 1 aliphatic rings. The molecule has 1 aromatic heterocycles. The highest BCUT2D eigenvalue weighted by molar-refractivity contribution is 5.19. The molecule has 1 aliphatic heterocycles. The predicted molar refractivity (Wildman–Crippen MR) is 77.1 cm³/mol. The van der Waals surface area contributed by atoms with Gasteiger partial charge in [0, 0.05) is 37.0 Å². The Morgan fingerprint density at radius 1 is 1.42 bits per heavy atom. The van der Waals surface area contributed by atoms with Gasteiger partial charge in [-0.1, -0.05) is 13.8 Å². The SMILES string of the molecule is Cc1c(C(C)NC2CCOC(C(C)C)C2)cnn1C. The zero-order chi connectivity index (χ0) is 14.0. The molecule has 3 atom stereocenters. The number of nitrogens with zero attached hydrogens (tertiary/aromatic N) is 2. The second kappa shape index (κ2) is 6.06. The minimum Gasteiger partial charge on any atom is -0.378 e. The van der Waals surface area contributed by atoms with Crippen LogP contribution in [0.25, 0.3) is 0 Å². The lowest BCUT2D eigenvalue weighted by atomic mass is 9.94. The molecular formula is C15H27N3O. The van der Waals surface area contributed by atoms with Crippen LogP contribution in [0.3, 0.4) is 0 Å². The summed E-state index contributed by atoms with van der Waals surface area (Å²) in [5.74, 6) is 0.597. The fourth-order valence-electron chi connectivity index (χ4n) is 2.83. The summed E-state index contributed by atoms with van der Waals surface area (Å²) >= 11 is 0. The first kappa shape index (κ1) is 14.5. The highest BCUT2D eigenvalue weighted by Crippen LogP contribution is 2.23. The first-order valence-corrected chi connectivity index (χ1v) is 7.35. The minimum absolute atomic E-state index is 0.351. The van der Waals surface area contributed by atoms with Crippen molar-refractivity contribution in [2.75, 3.05) is 6.61 Å². The number of aryl methyl sites for hydroxylation is 1. The molecule has 1 aromatic rings. The van der Waals surface area contributed by atoms with Crippen molar-refractivity contribution in [1.82, 2.24) is 15.1 Å². The second-order valence-electron chi connectivity index (χ2n) is 6.07. The molecule has 0 bridgehead atoms. The van der Waals surface area contributed by atoms with Crippen molar-refractivity contribution in [2.45, 2.75) is 58.7 Å². The van der Waals surface area contributed by atoms with E-state index in [-0.39, 0.29) is 0 Å². The van der Waals surface area contributed by atoms with E-state index in [1.807, 2.05) is 17.9 Å². The van der Waals surface area contributed by atoms with Crippen molar-refractivity contribution in [3.8, 4) is 0 Å². The maximum atomic E-state index is 5.83. The third-order valence-corrected chi connectivity index (χ3v) is 4.28. The Hall–Kier alpha value is -0.870. The van der Waals surface area contributed by atoms with Crippen molar-refractivity contribution in [3.63, 3.8) is 0 Å². The summed E-state index contributed by atoms with van der Waals surface area (Å²) < 4.78 is 7.77. The summed E-state index contributed by atoms with van der Waals surface area (Å²) in [7, 11) is 1.99. The molecule has 0 aliphatic carbocycles. The molecule has 1 N–H and O–H groups in total. The smallest absolute Gasteiger partial charge is 0.0612 e. The van der Waals surface area contributed by atoms with Crippen LogP contribution >= 0.6 is 0 Å². The molecule has 0 spiro atoms. The van der Waals surface area contributed by atoms with E-state index in [0.29, 0.717) is 24.1 Å². The van der Waals surface area contributed by atoms with Crippen LogP contribution in [0.2, 0.25) is 0 Å². The van der Waals surface area contributed by atoms with Crippen LogP contribution in [-0.2, 0) is 11.8 Å². The van der Waals surface area contributed by atoms with Gasteiger partial charge in [0.2, 0.25) is 0 Å². The summed E-state index contributed by atoms with van der Waals surface area (Å²) in [5, 5.41) is 8.07. The standard InChI is InChI=1S/C15H27N3O/c1-10(2)15-8-13(6-7-19-15)17-11(3)14-9-16-18(5)12(14)4/h9-11,13,15,17H,6-8H2,1-5H3. The van der Waals surface area contributed by atoms with E-state index in [1.165, 1.54) is 11.3 Å². The van der Waals surface area contributed by atoms with Gasteiger partial charge in [-0.15, -0.1) is 0 Å². The number of hydrogen-bond acceptors (Lipinski definition) is 3. The molecule has 108 valence electrons. The largest absolute Gasteiger partial charge is 0.378 e. The van der Waals surface area contributed by atoms with E-state index < -0.39 is 0 Å². The molecule has 0 amide bonds. The topological polar surface area (TPSA) is 39.1 Å². The summed E-state index contributed by atoms with van der Waals surface area (Å²) in [5.41, 5.74) is 2.54. The van der Waals surface area contributed by atoms with Crippen LogP contribution in [0.5, 0.6) is 0 Å². The molecular weight excluding hydrogens is 238 g/mol. The normalized spacial score (nSPS) is 25.8. The first-order valence-electron chi connectivity index (χ1n) is 7.35. The first-order chi connectivity index (χ1) is 8.99. The summed E-state index contributed by atoms with van der Waals surface area (Å²) in [4.78, 5) is 0. The predicted octanol–water partition coefficient (Wildman–Crippen LogP) is 2.58. The molecule has 2 rings (SSSR count). The van der Waals surface area contributed by atoms with Crippen LogP contribution in [0.1, 0.15) is 50.9 Å². The maximum absolute atomic E-state index is 5.83. The van der Waals surface area contributed by atoms with Gasteiger partial charge < -0.3 is 10.1 Å². The molecule has 1 saturated heterocycles. The van der Waals surface area contributed by atoms with Gasteiger partial charge in [0.05, 0.1) is 12.3 Å². The van der Waals surface area contributed by atoms with E-state index >= 15 is 0 Å².